The number of hydrogen-bond donors (Lipinski definition) is 0. The molecule has 0 aromatic carbocycles. The van der Waals surface area contributed by atoms with Crippen molar-refractivity contribution in [3.63, 3.8) is 0 Å². The lowest BCUT2D eigenvalue weighted by molar-refractivity contribution is 0.00779. The molecule has 1 aliphatic heterocycles. The van der Waals surface area contributed by atoms with E-state index in [0.717, 1.165) is 25.0 Å². The topological polar surface area (TPSA) is 9.23 Å². The summed E-state index contributed by atoms with van der Waals surface area (Å²) in [6.45, 7) is 2.10. The first kappa shape index (κ1) is 11.4. The third-order valence-corrected chi connectivity index (χ3v) is 4.10. The standard InChI is InChI=1S/C14H26O/c1-2-4-6-8-13-10-14(12-15-11-13)9-7-5-3-1/h13-14H,1-12H2. The monoisotopic (exact) mass is 210 g/mol. The van der Waals surface area contributed by atoms with Gasteiger partial charge in [-0.1, -0.05) is 44.9 Å². The van der Waals surface area contributed by atoms with Crippen LogP contribution in [0.1, 0.15) is 64.2 Å². The molecule has 0 spiro atoms. The summed E-state index contributed by atoms with van der Waals surface area (Å²) in [7, 11) is 0. The maximum absolute atomic E-state index is 5.74. The van der Waals surface area contributed by atoms with E-state index in [1.807, 2.05) is 0 Å². The molecule has 1 aliphatic carbocycles. The molecule has 0 amide bonds. The summed E-state index contributed by atoms with van der Waals surface area (Å²) < 4.78 is 5.74. The van der Waals surface area contributed by atoms with Gasteiger partial charge >= 0.3 is 0 Å². The molecule has 2 bridgehead atoms. The van der Waals surface area contributed by atoms with Crippen molar-refractivity contribution in [3.05, 3.63) is 0 Å². The van der Waals surface area contributed by atoms with E-state index in [4.69, 9.17) is 4.74 Å². The molecule has 1 saturated carbocycles. The van der Waals surface area contributed by atoms with E-state index in [1.165, 1.54) is 64.2 Å². The smallest absolute Gasteiger partial charge is 0.0494 e. The molecule has 1 saturated heterocycles. The highest BCUT2D eigenvalue weighted by molar-refractivity contribution is 4.71. The average molecular weight is 210 g/mol. The fourth-order valence-corrected chi connectivity index (χ4v) is 3.16. The lowest BCUT2D eigenvalue weighted by atomic mass is 9.85. The van der Waals surface area contributed by atoms with Gasteiger partial charge in [-0.2, -0.15) is 0 Å². The molecule has 88 valence electrons. The van der Waals surface area contributed by atoms with Gasteiger partial charge in [0.15, 0.2) is 0 Å². The van der Waals surface area contributed by atoms with Crippen LogP contribution in [0.4, 0.5) is 0 Å². The van der Waals surface area contributed by atoms with E-state index in [1.54, 1.807) is 0 Å². The van der Waals surface area contributed by atoms with Gasteiger partial charge in [0.05, 0.1) is 0 Å². The number of rotatable bonds is 0. The molecule has 2 unspecified atom stereocenters. The second-order valence-electron chi connectivity index (χ2n) is 5.56. The van der Waals surface area contributed by atoms with Gasteiger partial charge in [-0.05, 0) is 31.1 Å². The summed E-state index contributed by atoms with van der Waals surface area (Å²) in [4.78, 5) is 0. The number of ether oxygens (including phenoxy) is 1. The van der Waals surface area contributed by atoms with E-state index >= 15 is 0 Å². The van der Waals surface area contributed by atoms with Crippen molar-refractivity contribution >= 4 is 0 Å². The quantitative estimate of drug-likeness (QED) is 0.583. The van der Waals surface area contributed by atoms with Crippen LogP contribution in [0.15, 0.2) is 0 Å². The highest BCUT2D eigenvalue weighted by Crippen LogP contribution is 2.28. The molecule has 15 heavy (non-hydrogen) atoms. The van der Waals surface area contributed by atoms with Crippen LogP contribution in [0.2, 0.25) is 0 Å². The van der Waals surface area contributed by atoms with Gasteiger partial charge in [-0.3, -0.25) is 0 Å². The van der Waals surface area contributed by atoms with Crippen molar-refractivity contribution in [1.29, 1.82) is 0 Å². The maximum Gasteiger partial charge on any atom is 0.0494 e. The summed E-state index contributed by atoms with van der Waals surface area (Å²) in [5, 5.41) is 0. The first-order chi connectivity index (χ1) is 7.45. The van der Waals surface area contributed by atoms with E-state index in [0.29, 0.717) is 0 Å². The van der Waals surface area contributed by atoms with Crippen LogP contribution in [-0.2, 0) is 4.74 Å². The van der Waals surface area contributed by atoms with Crippen LogP contribution >= 0.6 is 0 Å². The Morgan fingerprint density at radius 1 is 0.600 bits per heavy atom. The minimum atomic E-state index is 0.892. The van der Waals surface area contributed by atoms with Gasteiger partial charge < -0.3 is 4.74 Å². The Morgan fingerprint density at radius 2 is 1.07 bits per heavy atom. The fraction of sp³-hybridized carbons (Fsp3) is 1.00. The van der Waals surface area contributed by atoms with Crippen LogP contribution in [0.5, 0.6) is 0 Å². The van der Waals surface area contributed by atoms with Gasteiger partial charge in [0.25, 0.3) is 0 Å². The largest absolute Gasteiger partial charge is 0.381 e. The molecule has 2 fully saturated rings. The molecule has 0 aromatic heterocycles. The highest BCUT2D eigenvalue weighted by Gasteiger charge is 2.21. The first-order valence-corrected chi connectivity index (χ1v) is 7.03. The summed E-state index contributed by atoms with van der Waals surface area (Å²) >= 11 is 0. The van der Waals surface area contributed by atoms with Gasteiger partial charge in [0.2, 0.25) is 0 Å². The minimum absolute atomic E-state index is 0.892. The zero-order valence-electron chi connectivity index (χ0n) is 10.0. The van der Waals surface area contributed by atoms with Crippen molar-refractivity contribution in [3.8, 4) is 0 Å². The lowest BCUT2D eigenvalue weighted by Gasteiger charge is -2.29. The van der Waals surface area contributed by atoms with E-state index in [-0.39, 0.29) is 0 Å². The van der Waals surface area contributed by atoms with Gasteiger partial charge in [0.1, 0.15) is 0 Å². The van der Waals surface area contributed by atoms with Crippen LogP contribution in [0.3, 0.4) is 0 Å². The molecule has 1 heterocycles. The molecular formula is C14H26O. The van der Waals surface area contributed by atoms with Crippen LogP contribution in [0.25, 0.3) is 0 Å². The fourth-order valence-electron chi connectivity index (χ4n) is 3.16. The number of hydrogen-bond acceptors (Lipinski definition) is 1. The molecule has 1 nitrogen and oxygen atoms in total. The zero-order valence-corrected chi connectivity index (χ0v) is 10.0. The van der Waals surface area contributed by atoms with Gasteiger partial charge in [-0.15, -0.1) is 0 Å². The Bertz CT molecular complexity index is 151. The Balaban J connectivity index is 1.78. The Morgan fingerprint density at radius 3 is 1.60 bits per heavy atom. The zero-order chi connectivity index (χ0) is 10.3. The molecule has 2 atom stereocenters. The summed E-state index contributed by atoms with van der Waals surface area (Å²) in [5.41, 5.74) is 0. The molecule has 1 heteroatoms. The first-order valence-electron chi connectivity index (χ1n) is 7.03. The van der Waals surface area contributed by atoms with Gasteiger partial charge in [-0.25, -0.2) is 0 Å². The predicted molar refractivity (Wildman–Crippen MR) is 64.0 cm³/mol. The Labute approximate surface area is 94.6 Å². The van der Waals surface area contributed by atoms with Gasteiger partial charge in [0, 0.05) is 13.2 Å². The normalized spacial score (nSPS) is 35.2. The molecule has 0 radical (unpaired) electrons. The number of fused-ring (bicyclic) bond motifs is 2. The van der Waals surface area contributed by atoms with Crippen molar-refractivity contribution in [2.24, 2.45) is 11.8 Å². The summed E-state index contributed by atoms with van der Waals surface area (Å²) in [5.74, 6) is 1.78. The third kappa shape index (κ3) is 4.14. The van der Waals surface area contributed by atoms with Crippen molar-refractivity contribution in [2.75, 3.05) is 13.2 Å². The average Bonchev–Trinajstić information content (AvgIpc) is 2.26. The lowest BCUT2D eigenvalue weighted by Crippen LogP contribution is -2.25. The molecule has 2 aliphatic rings. The molecular weight excluding hydrogens is 184 g/mol. The Hall–Kier alpha value is -0.0400. The van der Waals surface area contributed by atoms with E-state index in [2.05, 4.69) is 0 Å². The second-order valence-corrected chi connectivity index (χ2v) is 5.56. The van der Waals surface area contributed by atoms with E-state index in [9.17, 15) is 0 Å². The van der Waals surface area contributed by atoms with Crippen molar-refractivity contribution < 1.29 is 4.74 Å². The van der Waals surface area contributed by atoms with Crippen LogP contribution < -0.4 is 0 Å². The van der Waals surface area contributed by atoms with Crippen LogP contribution in [-0.4, -0.2) is 13.2 Å². The van der Waals surface area contributed by atoms with Crippen LogP contribution in [0, 0.1) is 11.8 Å². The minimum Gasteiger partial charge on any atom is -0.381 e. The SMILES string of the molecule is C1CCCCC2COCC(CCCC1)C2. The molecule has 0 N–H and O–H groups in total. The van der Waals surface area contributed by atoms with Crippen molar-refractivity contribution in [2.45, 2.75) is 64.2 Å². The van der Waals surface area contributed by atoms with Crippen molar-refractivity contribution in [1.82, 2.24) is 0 Å². The summed E-state index contributed by atoms with van der Waals surface area (Å²) in [6, 6.07) is 0. The predicted octanol–water partition coefficient (Wildman–Crippen LogP) is 4.16. The maximum atomic E-state index is 5.74. The Kier molecular flexibility index (Phi) is 4.98. The van der Waals surface area contributed by atoms with E-state index < -0.39 is 0 Å². The molecule has 0 aromatic rings. The third-order valence-electron chi connectivity index (χ3n) is 4.10. The highest BCUT2D eigenvalue weighted by atomic mass is 16.5. The summed E-state index contributed by atoms with van der Waals surface area (Å²) in [6.07, 6.45) is 14.5. The molecule has 2 rings (SSSR count). The second kappa shape index (κ2) is 6.52.